The van der Waals surface area contributed by atoms with E-state index in [1.54, 1.807) is 0 Å². The second kappa shape index (κ2) is 6.41. The lowest BCUT2D eigenvalue weighted by Crippen LogP contribution is -2.57. The van der Waals surface area contributed by atoms with Gasteiger partial charge >= 0.3 is 5.97 Å². The highest BCUT2D eigenvalue weighted by molar-refractivity contribution is 5.75. The van der Waals surface area contributed by atoms with Crippen molar-refractivity contribution in [3.63, 3.8) is 0 Å². The Hall–Kier alpha value is -0.730. The van der Waals surface area contributed by atoms with Gasteiger partial charge in [-0.15, -0.1) is 0 Å². The number of cyclic esters (lactones) is 1. The Morgan fingerprint density at radius 2 is 1.58 bits per heavy atom. The maximum absolute atomic E-state index is 12.6. The first-order valence-corrected chi connectivity index (χ1v) is 9.98. The van der Waals surface area contributed by atoms with Crippen molar-refractivity contribution in [2.45, 2.75) is 62.6 Å². The third kappa shape index (κ3) is 2.55. The lowest BCUT2D eigenvalue weighted by molar-refractivity contribution is -0.163. The number of carbonyl (C=O) groups is 1. The van der Waals surface area contributed by atoms with Crippen molar-refractivity contribution in [3.05, 3.63) is 0 Å². The molecule has 5 aliphatic rings. The Kier molecular flexibility index (Phi) is 4.29. The fraction of sp³-hybridized carbons (Fsp3) is 0.947. The van der Waals surface area contributed by atoms with Crippen LogP contribution in [0.3, 0.4) is 0 Å². The van der Waals surface area contributed by atoms with Crippen LogP contribution in [0, 0.1) is 35.5 Å². The number of ether oxygens (including phenoxy) is 3. The van der Waals surface area contributed by atoms with E-state index in [-0.39, 0.29) is 54.4 Å². The van der Waals surface area contributed by atoms with E-state index in [1.807, 2.05) is 0 Å². The molecule has 11 atom stereocenters. The minimum Gasteiger partial charge on any atom is -0.465 e. The molecule has 3 N–H and O–H groups in total. The van der Waals surface area contributed by atoms with E-state index in [1.165, 1.54) is 0 Å². The maximum Gasteiger partial charge on any atom is 0.309 e. The predicted molar refractivity (Wildman–Crippen MR) is 87.6 cm³/mol. The van der Waals surface area contributed by atoms with Gasteiger partial charge in [-0.25, -0.2) is 0 Å². The third-order valence-electron chi connectivity index (χ3n) is 7.84. The Balaban J connectivity index is 1.47. The van der Waals surface area contributed by atoms with Crippen LogP contribution in [-0.2, 0) is 19.0 Å². The first kappa shape index (κ1) is 17.4. The molecule has 0 aromatic rings. The van der Waals surface area contributed by atoms with Crippen LogP contribution in [0.2, 0.25) is 0 Å². The molecule has 0 aromatic heterocycles. The van der Waals surface area contributed by atoms with Gasteiger partial charge in [0, 0.05) is 5.92 Å². The molecule has 11 unspecified atom stereocenters. The molecule has 0 spiro atoms. The first-order valence-electron chi connectivity index (χ1n) is 9.98. The molecule has 0 amide bonds. The number of aliphatic hydroxyl groups excluding tert-OH is 3. The van der Waals surface area contributed by atoms with E-state index in [0.29, 0.717) is 25.6 Å². The van der Waals surface area contributed by atoms with Gasteiger partial charge in [-0.05, 0) is 55.8 Å². The van der Waals surface area contributed by atoms with Crippen LogP contribution in [-0.4, -0.2) is 65.2 Å². The molecule has 2 aliphatic heterocycles. The molecule has 5 fully saturated rings. The Labute approximate surface area is 152 Å². The van der Waals surface area contributed by atoms with Crippen molar-refractivity contribution < 1.29 is 34.3 Å². The number of fused-ring (bicyclic) bond motifs is 3. The largest absolute Gasteiger partial charge is 0.465 e. The molecule has 5 rings (SSSR count). The van der Waals surface area contributed by atoms with E-state index < -0.39 is 18.3 Å². The summed E-state index contributed by atoms with van der Waals surface area (Å²) in [5.41, 5.74) is 0. The maximum atomic E-state index is 12.6. The molecular weight excluding hydrogens is 340 g/mol. The summed E-state index contributed by atoms with van der Waals surface area (Å²) in [7, 11) is 0. The van der Waals surface area contributed by atoms with Gasteiger partial charge in [0.15, 0.2) is 0 Å². The van der Waals surface area contributed by atoms with Gasteiger partial charge in [0.25, 0.3) is 0 Å². The van der Waals surface area contributed by atoms with Crippen molar-refractivity contribution in [3.8, 4) is 0 Å². The van der Waals surface area contributed by atoms with Crippen molar-refractivity contribution in [2.24, 2.45) is 35.5 Å². The van der Waals surface area contributed by atoms with Gasteiger partial charge < -0.3 is 29.5 Å². The lowest BCUT2D eigenvalue weighted by Gasteiger charge is -2.53. The summed E-state index contributed by atoms with van der Waals surface area (Å²) in [6.07, 6.45) is 1.54. The Morgan fingerprint density at radius 3 is 2.38 bits per heavy atom. The first-order chi connectivity index (χ1) is 12.5. The number of carbonyl (C=O) groups excluding carboxylic acids is 1. The van der Waals surface area contributed by atoms with E-state index in [4.69, 9.17) is 14.2 Å². The zero-order valence-electron chi connectivity index (χ0n) is 14.8. The van der Waals surface area contributed by atoms with Gasteiger partial charge in [-0.1, -0.05) is 0 Å². The van der Waals surface area contributed by atoms with Gasteiger partial charge in [0.1, 0.15) is 6.79 Å². The quantitative estimate of drug-likeness (QED) is 0.562. The fourth-order valence-corrected chi connectivity index (χ4v) is 6.65. The zero-order chi connectivity index (χ0) is 18.0. The van der Waals surface area contributed by atoms with Crippen LogP contribution in [0.25, 0.3) is 0 Å². The van der Waals surface area contributed by atoms with Crippen LogP contribution in [0.1, 0.15) is 32.1 Å². The molecule has 7 nitrogen and oxygen atoms in total. The molecule has 2 heterocycles. The third-order valence-corrected chi connectivity index (χ3v) is 7.84. The van der Waals surface area contributed by atoms with Crippen molar-refractivity contribution in [1.29, 1.82) is 0 Å². The van der Waals surface area contributed by atoms with Gasteiger partial charge in [0.05, 0.1) is 43.0 Å². The number of aliphatic hydroxyl groups is 3. The molecule has 0 aromatic carbocycles. The summed E-state index contributed by atoms with van der Waals surface area (Å²) in [6.45, 7) is 0.609. The summed E-state index contributed by atoms with van der Waals surface area (Å²) in [4.78, 5) is 12.6. The Bertz CT molecular complexity index is 568. The van der Waals surface area contributed by atoms with Gasteiger partial charge in [-0.2, -0.15) is 0 Å². The molecule has 3 saturated carbocycles. The normalized spacial score (nSPS) is 56.4. The summed E-state index contributed by atoms with van der Waals surface area (Å²) >= 11 is 0. The minimum absolute atomic E-state index is 0.0270. The van der Waals surface area contributed by atoms with Gasteiger partial charge in [-0.3, -0.25) is 4.79 Å². The molecule has 0 radical (unpaired) electrons. The SMILES string of the molecule is O=C1OCC2C(O)C3CC(O)C(O)CC3C(C3CCC4OCOC4C3)C12. The molecule has 146 valence electrons. The monoisotopic (exact) mass is 368 g/mol. The van der Waals surface area contributed by atoms with Crippen molar-refractivity contribution in [2.75, 3.05) is 13.4 Å². The predicted octanol–water partition coefficient (Wildman–Crippen LogP) is 0.0559. The summed E-state index contributed by atoms with van der Waals surface area (Å²) in [5.74, 6) is -0.419. The minimum atomic E-state index is -0.802. The molecule has 3 aliphatic carbocycles. The molecule has 0 bridgehead atoms. The highest BCUT2D eigenvalue weighted by Crippen LogP contribution is 2.56. The van der Waals surface area contributed by atoms with Crippen LogP contribution in [0.5, 0.6) is 0 Å². The zero-order valence-corrected chi connectivity index (χ0v) is 14.8. The molecule has 7 heteroatoms. The number of rotatable bonds is 1. The van der Waals surface area contributed by atoms with Crippen molar-refractivity contribution >= 4 is 5.97 Å². The summed E-state index contributed by atoms with van der Waals surface area (Å²) < 4.78 is 16.7. The topological polar surface area (TPSA) is 105 Å². The fourth-order valence-electron chi connectivity index (χ4n) is 6.65. The molecule has 26 heavy (non-hydrogen) atoms. The number of hydrogen-bond acceptors (Lipinski definition) is 7. The van der Waals surface area contributed by atoms with Crippen LogP contribution in [0.4, 0.5) is 0 Å². The van der Waals surface area contributed by atoms with Crippen LogP contribution in [0.15, 0.2) is 0 Å². The smallest absolute Gasteiger partial charge is 0.309 e. The highest BCUT2D eigenvalue weighted by atomic mass is 16.7. The second-order valence-corrected chi connectivity index (χ2v) is 8.92. The van der Waals surface area contributed by atoms with Crippen LogP contribution < -0.4 is 0 Å². The summed E-state index contributed by atoms with van der Waals surface area (Å²) in [6, 6.07) is 0. The number of hydrogen-bond donors (Lipinski definition) is 3. The van der Waals surface area contributed by atoms with Gasteiger partial charge in [0.2, 0.25) is 0 Å². The van der Waals surface area contributed by atoms with E-state index in [0.717, 1.165) is 19.3 Å². The standard InChI is InChI=1S/C19H28O7/c20-12-4-9-10(5-13(12)21)18(22)11-6-24-19(23)17(11)16(9)8-1-2-14-15(3-8)26-7-25-14/h8-18,20-22H,1-7H2. The Morgan fingerprint density at radius 1 is 0.846 bits per heavy atom. The lowest BCUT2D eigenvalue weighted by atomic mass is 9.52. The molecular formula is C19H28O7. The highest BCUT2D eigenvalue weighted by Gasteiger charge is 2.60. The summed E-state index contributed by atoms with van der Waals surface area (Å²) in [5, 5.41) is 31.3. The van der Waals surface area contributed by atoms with Crippen LogP contribution >= 0.6 is 0 Å². The van der Waals surface area contributed by atoms with E-state index >= 15 is 0 Å². The molecule has 2 saturated heterocycles. The van der Waals surface area contributed by atoms with E-state index in [9.17, 15) is 20.1 Å². The van der Waals surface area contributed by atoms with E-state index in [2.05, 4.69) is 0 Å². The average molecular weight is 368 g/mol. The average Bonchev–Trinajstić information content (AvgIpc) is 3.24. The second-order valence-electron chi connectivity index (χ2n) is 8.92. The van der Waals surface area contributed by atoms with Crippen molar-refractivity contribution in [1.82, 2.24) is 0 Å². The number of esters is 1.